The van der Waals surface area contributed by atoms with E-state index in [9.17, 15) is 4.57 Å². The van der Waals surface area contributed by atoms with Crippen LogP contribution in [0, 0.1) is 6.92 Å². The lowest BCUT2D eigenvalue weighted by atomic mass is 10.1. The summed E-state index contributed by atoms with van der Waals surface area (Å²) in [7, 11) is -1.42. The SMILES string of the molecule is CCN(CC)P(=O)(c1ccccc1OC)c1c(C)ccc2ccccc12. The summed E-state index contributed by atoms with van der Waals surface area (Å²) in [5, 5.41) is 3.85. The van der Waals surface area contributed by atoms with Crippen LogP contribution in [0.25, 0.3) is 10.8 Å². The summed E-state index contributed by atoms with van der Waals surface area (Å²) in [5.41, 5.74) is 1.05. The third kappa shape index (κ3) is 2.96. The molecule has 136 valence electrons. The molecule has 3 aromatic rings. The Hall–Kier alpha value is -2.09. The van der Waals surface area contributed by atoms with Crippen molar-refractivity contribution in [3.05, 3.63) is 66.2 Å². The van der Waals surface area contributed by atoms with Gasteiger partial charge in [-0.25, -0.2) is 4.67 Å². The second-order valence-corrected chi connectivity index (χ2v) is 8.99. The standard InChI is InChI=1S/C22H26NO2P/c1-5-23(6-2)26(24,21-14-10-9-13-20(21)25-4)22-17(3)15-16-18-11-7-8-12-19(18)22/h7-16H,5-6H2,1-4H3. The first-order valence-electron chi connectivity index (χ1n) is 9.05. The Morgan fingerprint density at radius 3 is 2.27 bits per heavy atom. The molecule has 0 radical (unpaired) electrons. The highest BCUT2D eigenvalue weighted by Crippen LogP contribution is 2.51. The number of rotatable bonds is 6. The molecule has 0 heterocycles. The molecule has 3 rings (SSSR count). The second-order valence-electron chi connectivity index (χ2n) is 6.34. The van der Waals surface area contributed by atoms with Crippen LogP contribution in [0.15, 0.2) is 60.7 Å². The van der Waals surface area contributed by atoms with E-state index in [0.29, 0.717) is 18.8 Å². The molecule has 0 aliphatic rings. The Labute approximate surface area is 156 Å². The molecule has 0 N–H and O–H groups in total. The van der Waals surface area contributed by atoms with E-state index < -0.39 is 7.29 Å². The Balaban J connectivity index is 2.44. The van der Waals surface area contributed by atoms with Crippen molar-refractivity contribution in [1.82, 2.24) is 4.67 Å². The number of benzene rings is 3. The molecule has 0 saturated carbocycles. The zero-order valence-corrected chi connectivity index (χ0v) is 16.8. The lowest BCUT2D eigenvalue weighted by Crippen LogP contribution is -2.34. The first-order valence-corrected chi connectivity index (χ1v) is 10.7. The number of aryl methyl sites for hydroxylation is 1. The lowest BCUT2D eigenvalue weighted by molar-refractivity contribution is 0.415. The van der Waals surface area contributed by atoms with Gasteiger partial charge in [0, 0.05) is 18.4 Å². The Morgan fingerprint density at radius 2 is 1.58 bits per heavy atom. The Morgan fingerprint density at radius 1 is 0.923 bits per heavy atom. The first kappa shape index (κ1) is 18.7. The first-order chi connectivity index (χ1) is 12.6. The van der Waals surface area contributed by atoms with Gasteiger partial charge in [0.25, 0.3) is 0 Å². The maximum Gasteiger partial charge on any atom is 0.211 e. The molecule has 0 fully saturated rings. The van der Waals surface area contributed by atoms with Gasteiger partial charge in [-0.1, -0.05) is 62.4 Å². The van der Waals surface area contributed by atoms with Crippen molar-refractivity contribution < 1.29 is 9.30 Å². The van der Waals surface area contributed by atoms with E-state index in [2.05, 4.69) is 42.8 Å². The second kappa shape index (κ2) is 7.65. The van der Waals surface area contributed by atoms with Crippen LogP contribution in [0.2, 0.25) is 0 Å². The average Bonchev–Trinajstić information content (AvgIpc) is 2.68. The van der Waals surface area contributed by atoms with Crippen LogP contribution < -0.4 is 15.3 Å². The van der Waals surface area contributed by atoms with E-state index in [4.69, 9.17) is 4.74 Å². The van der Waals surface area contributed by atoms with E-state index in [0.717, 1.165) is 26.9 Å². The maximum atomic E-state index is 14.8. The van der Waals surface area contributed by atoms with E-state index in [-0.39, 0.29) is 0 Å². The molecule has 0 aliphatic heterocycles. The van der Waals surface area contributed by atoms with Gasteiger partial charge < -0.3 is 4.74 Å². The highest BCUT2D eigenvalue weighted by atomic mass is 31.2. The van der Waals surface area contributed by atoms with Crippen molar-refractivity contribution in [3.63, 3.8) is 0 Å². The molecular weight excluding hydrogens is 341 g/mol. The van der Waals surface area contributed by atoms with Gasteiger partial charge in [-0.2, -0.15) is 0 Å². The molecule has 26 heavy (non-hydrogen) atoms. The number of ether oxygens (including phenoxy) is 1. The fourth-order valence-electron chi connectivity index (χ4n) is 3.68. The minimum Gasteiger partial charge on any atom is -0.496 e. The molecule has 0 aliphatic carbocycles. The van der Waals surface area contributed by atoms with Gasteiger partial charge in [0.1, 0.15) is 5.75 Å². The van der Waals surface area contributed by atoms with Gasteiger partial charge in [0.15, 0.2) is 0 Å². The van der Waals surface area contributed by atoms with Crippen molar-refractivity contribution in [2.75, 3.05) is 20.2 Å². The minimum absolute atomic E-state index is 0.676. The van der Waals surface area contributed by atoms with Gasteiger partial charge in [0.05, 0.1) is 12.4 Å². The highest BCUT2D eigenvalue weighted by Gasteiger charge is 2.37. The van der Waals surface area contributed by atoms with E-state index in [1.165, 1.54) is 0 Å². The lowest BCUT2D eigenvalue weighted by Gasteiger charge is -2.33. The third-order valence-corrected chi connectivity index (χ3v) is 8.53. The average molecular weight is 367 g/mol. The summed E-state index contributed by atoms with van der Waals surface area (Å²) in [6, 6.07) is 20.1. The van der Waals surface area contributed by atoms with E-state index in [1.54, 1.807) is 7.11 Å². The molecule has 3 aromatic carbocycles. The van der Waals surface area contributed by atoms with Crippen LogP contribution in [0.3, 0.4) is 0 Å². The molecule has 1 unspecified atom stereocenters. The number of fused-ring (bicyclic) bond motifs is 1. The summed E-state index contributed by atoms with van der Waals surface area (Å²) in [6.07, 6.45) is 0. The largest absolute Gasteiger partial charge is 0.496 e. The minimum atomic E-state index is -3.06. The van der Waals surface area contributed by atoms with Crippen molar-refractivity contribution in [2.45, 2.75) is 20.8 Å². The third-order valence-electron chi connectivity index (χ3n) is 4.95. The van der Waals surface area contributed by atoms with Crippen LogP contribution in [0.5, 0.6) is 5.75 Å². The Bertz CT molecular complexity index is 963. The van der Waals surface area contributed by atoms with Crippen LogP contribution in [0.4, 0.5) is 0 Å². The summed E-state index contributed by atoms with van der Waals surface area (Å²) >= 11 is 0. The smallest absolute Gasteiger partial charge is 0.211 e. The van der Waals surface area contributed by atoms with E-state index in [1.807, 2.05) is 43.3 Å². The monoisotopic (exact) mass is 367 g/mol. The summed E-state index contributed by atoms with van der Waals surface area (Å²) in [6.45, 7) is 7.58. The number of hydrogen-bond donors (Lipinski definition) is 0. The maximum absolute atomic E-state index is 14.8. The summed E-state index contributed by atoms with van der Waals surface area (Å²) in [5.74, 6) is 0.676. The molecule has 1 atom stereocenters. The van der Waals surface area contributed by atoms with Crippen LogP contribution in [-0.4, -0.2) is 24.9 Å². The predicted octanol–water partition coefficient (Wildman–Crippen LogP) is 4.73. The zero-order valence-electron chi connectivity index (χ0n) is 15.9. The van der Waals surface area contributed by atoms with Crippen molar-refractivity contribution in [2.24, 2.45) is 0 Å². The van der Waals surface area contributed by atoms with Crippen LogP contribution in [-0.2, 0) is 4.57 Å². The van der Waals surface area contributed by atoms with Gasteiger partial charge in [-0.15, -0.1) is 0 Å². The van der Waals surface area contributed by atoms with Gasteiger partial charge in [-0.05, 0) is 35.4 Å². The molecule has 0 spiro atoms. The predicted molar refractivity (Wildman–Crippen MR) is 111 cm³/mol. The molecule has 3 nitrogen and oxygen atoms in total. The molecule has 0 bridgehead atoms. The topological polar surface area (TPSA) is 29.5 Å². The van der Waals surface area contributed by atoms with Crippen molar-refractivity contribution in [1.29, 1.82) is 0 Å². The number of nitrogens with zero attached hydrogens (tertiary/aromatic N) is 1. The summed E-state index contributed by atoms with van der Waals surface area (Å²) < 4.78 is 22.5. The Kier molecular flexibility index (Phi) is 5.50. The number of para-hydroxylation sites is 1. The molecule has 0 aromatic heterocycles. The van der Waals surface area contributed by atoms with Crippen molar-refractivity contribution in [3.8, 4) is 5.75 Å². The van der Waals surface area contributed by atoms with Gasteiger partial charge in [-0.3, -0.25) is 4.57 Å². The van der Waals surface area contributed by atoms with Gasteiger partial charge >= 0.3 is 0 Å². The van der Waals surface area contributed by atoms with Crippen LogP contribution >= 0.6 is 7.29 Å². The quantitative estimate of drug-likeness (QED) is 0.590. The molecule has 0 saturated heterocycles. The molecular formula is C22H26NO2P. The fourth-order valence-corrected chi connectivity index (χ4v) is 7.14. The molecule has 4 heteroatoms. The normalized spacial score (nSPS) is 13.7. The number of hydrogen-bond acceptors (Lipinski definition) is 2. The van der Waals surface area contributed by atoms with Crippen LogP contribution in [0.1, 0.15) is 19.4 Å². The fraction of sp³-hybridized carbons (Fsp3) is 0.273. The summed E-state index contributed by atoms with van der Waals surface area (Å²) in [4.78, 5) is 0. The molecule has 0 amide bonds. The van der Waals surface area contributed by atoms with Gasteiger partial charge in [0.2, 0.25) is 7.29 Å². The number of methoxy groups -OCH3 is 1. The highest BCUT2D eigenvalue weighted by molar-refractivity contribution is 7.77. The zero-order chi connectivity index (χ0) is 18.7. The van der Waals surface area contributed by atoms with E-state index >= 15 is 0 Å². The van der Waals surface area contributed by atoms with Crippen molar-refractivity contribution >= 4 is 28.7 Å².